The average molecular weight is 228 g/mol. The van der Waals surface area contributed by atoms with Crippen LogP contribution in [0.5, 0.6) is 0 Å². The highest BCUT2D eigenvalue weighted by atomic mass is 16.5. The van der Waals surface area contributed by atoms with Crippen LogP contribution in [-0.4, -0.2) is 50.2 Å². The topological polar surface area (TPSA) is 41.6 Å². The van der Waals surface area contributed by atoms with Crippen LogP contribution in [0.2, 0.25) is 0 Å². The summed E-state index contributed by atoms with van der Waals surface area (Å²) in [4.78, 5) is 13.4. The third kappa shape index (κ3) is 3.46. The lowest BCUT2D eigenvalue weighted by atomic mass is 9.92. The van der Waals surface area contributed by atoms with Gasteiger partial charge in [0.25, 0.3) is 0 Å². The van der Waals surface area contributed by atoms with Crippen molar-refractivity contribution < 1.29 is 9.53 Å². The first kappa shape index (κ1) is 13.5. The summed E-state index contributed by atoms with van der Waals surface area (Å²) in [5, 5.41) is 3.38. The Balaban J connectivity index is 2.47. The molecule has 0 heterocycles. The fraction of sp³-hybridized carbons (Fsp3) is 0.917. The van der Waals surface area contributed by atoms with Crippen molar-refractivity contribution in [3.63, 3.8) is 0 Å². The number of rotatable bonds is 4. The smallest absolute Gasteiger partial charge is 0.238 e. The van der Waals surface area contributed by atoms with Gasteiger partial charge in [0.15, 0.2) is 0 Å². The Bertz CT molecular complexity index is 231. The number of methoxy groups -OCH3 is 1. The number of carbonyl (C=O) groups excluding carboxylic acids is 1. The van der Waals surface area contributed by atoms with Crippen LogP contribution in [0.25, 0.3) is 0 Å². The maximum absolute atomic E-state index is 11.7. The standard InChI is InChI=1S/C12H24N2O2/c1-9(12(15)14(2)3)13-10-7-5-6-8-11(10)16-4/h9-11,13H,5-8H2,1-4H3. The van der Waals surface area contributed by atoms with E-state index < -0.39 is 0 Å². The van der Waals surface area contributed by atoms with Crippen molar-refractivity contribution >= 4 is 5.91 Å². The van der Waals surface area contributed by atoms with E-state index in [0.29, 0.717) is 6.04 Å². The molecule has 4 nitrogen and oxygen atoms in total. The highest BCUT2D eigenvalue weighted by Crippen LogP contribution is 2.21. The van der Waals surface area contributed by atoms with Gasteiger partial charge in [0.1, 0.15) is 0 Å². The lowest BCUT2D eigenvalue weighted by Crippen LogP contribution is -2.51. The van der Waals surface area contributed by atoms with E-state index >= 15 is 0 Å². The van der Waals surface area contributed by atoms with Crippen LogP contribution < -0.4 is 5.32 Å². The van der Waals surface area contributed by atoms with Crippen LogP contribution in [0.1, 0.15) is 32.6 Å². The second kappa shape index (κ2) is 6.21. The van der Waals surface area contributed by atoms with Gasteiger partial charge in [0, 0.05) is 27.2 Å². The summed E-state index contributed by atoms with van der Waals surface area (Å²) < 4.78 is 5.46. The molecular formula is C12H24N2O2. The number of likely N-dealkylation sites (N-methyl/N-ethyl adjacent to an activating group) is 1. The van der Waals surface area contributed by atoms with E-state index in [1.807, 2.05) is 6.92 Å². The molecular weight excluding hydrogens is 204 g/mol. The molecule has 94 valence electrons. The number of hydrogen-bond donors (Lipinski definition) is 1. The second-order valence-corrected chi connectivity index (χ2v) is 4.79. The highest BCUT2D eigenvalue weighted by Gasteiger charge is 2.27. The van der Waals surface area contributed by atoms with Crippen molar-refractivity contribution in [2.75, 3.05) is 21.2 Å². The molecule has 1 saturated carbocycles. The number of hydrogen-bond acceptors (Lipinski definition) is 3. The van der Waals surface area contributed by atoms with Gasteiger partial charge in [-0.1, -0.05) is 12.8 Å². The molecule has 0 bridgehead atoms. The Morgan fingerprint density at radius 1 is 1.38 bits per heavy atom. The average Bonchev–Trinajstić information content (AvgIpc) is 2.28. The van der Waals surface area contributed by atoms with E-state index in [1.165, 1.54) is 12.8 Å². The molecule has 16 heavy (non-hydrogen) atoms. The molecule has 1 fully saturated rings. The van der Waals surface area contributed by atoms with E-state index in [9.17, 15) is 4.79 Å². The minimum atomic E-state index is -0.129. The molecule has 0 aromatic heterocycles. The number of ether oxygens (including phenoxy) is 1. The zero-order chi connectivity index (χ0) is 12.1. The van der Waals surface area contributed by atoms with Crippen LogP contribution in [-0.2, 0) is 9.53 Å². The monoisotopic (exact) mass is 228 g/mol. The summed E-state index contributed by atoms with van der Waals surface area (Å²) in [5.41, 5.74) is 0. The zero-order valence-corrected chi connectivity index (χ0v) is 10.8. The van der Waals surface area contributed by atoms with Crippen LogP contribution >= 0.6 is 0 Å². The predicted molar refractivity (Wildman–Crippen MR) is 64.3 cm³/mol. The first-order chi connectivity index (χ1) is 7.56. The largest absolute Gasteiger partial charge is 0.380 e. The number of amides is 1. The van der Waals surface area contributed by atoms with E-state index in [2.05, 4.69) is 5.32 Å². The van der Waals surface area contributed by atoms with Crippen molar-refractivity contribution in [1.29, 1.82) is 0 Å². The molecule has 0 aliphatic heterocycles. The molecule has 3 unspecified atom stereocenters. The van der Waals surface area contributed by atoms with Crippen molar-refractivity contribution in [1.82, 2.24) is 10.2 Å². The first-order valence-corrected chi connectivity index (χ1v) is 6.06. The fourth-order valence-corrected chi connectivity index (χ4v) is 2.35. The number of nitrogens with one attached hydrogen (secondary N) is 1. The Labute approximate surface area is 98.3 Å². The van der Waals surface area contributed by atoms with Gasteiger partial charge in [0.05, 0.1) is 12.1 Å². The maximum atomic E-state index is 11.7. The van der Waals surface area contributed by atoms with E-state index in [1.54, 1.807) is 26.1 Å². The molecule has 0 aromatic carbocycles. The predicted octanol–water partition coefficient (Wildman–Crippen LogP) is 1.01. The van der Waals surface area contributed by atoms with Gasteiger partial charge in [-0.2, -0.15) is 0 Å². The van der Waals surface area contributed by atoms with Gasteiger partial charge >= 0.3 is 0 Å². The van der Waals surface area contributed by atoms with Gasteiger partial charge in [0.2, 0.25) is 5.91 Å². The summed E-state index contributed by atoms with van der Waals surface area (Å²) in [6, 6.07) is 0.188. The molecule has 0 aromatic rings. The van der Waals surface area contributed by atoms with Crippen LogP contribution in [0.3, 0.4) is 0 Å². The van der Waals surface area contributed by atoms with Crippen molar-refractivity contribution in [2.45, 2.75) is 50.8 Å². The number of nitrogens with zero attached hydrogens (tertiary/aromatic N) is 1. The van der Waals surface area contributed by atoms with E-state index in [0.717, 1.165) is 12.8 Å². The second-order valence-electron chi connectivity index (χ2n) is 4.79. The van der Waals surface area contributed by atoms with E-state index in [-0.39, 0.29) is 18.1 Å². The van der Waals surface area contributed by atoms with Gasteiger partial charge in [-0.3, -0.25) is 4.79 Å². The molecule has 0 radical (unpaired) electrons. The molecule has 1 aliphatic rings. The van der Waals surface area contributed by atoms with Crippen LogP contribution in [0, 0.1) is 0 Å². The summed E-state index contributed by atoms with van der Waals surface area (Å²) in [7, 11) is 5.33. The summed E-state index contributed by atoms with van der Waals surface area (Å²) >= 11 is 0. The lowest BCUT2D eigenvalue weighted by Gasteiger charge is -2.33. The summed E-state index contributed by atoms with van der Waals surface area (Å²) in [6.45, 7) is 1.92. The van der Waals surface area contributed by atoms with Crippen molar-refractivity contribution in [3.8, 4) is 0 Å². The molecule has 1 amide bonds. The molecule has 1 N–H and O–H groups in total. The minimum Gasteiger partial charge on any atom is -0.380 e. The van der Waals surface area contributed by atoms with Crippen molar-refractivity contribution in [3.05, 3.63) is 0 Å². The molecule has 1 rings (SSSR count). The Morgan fingerprint density at radius 2 is 2.00 bits per heavy atom. The zero-order valence-electron chi connectivity index (χ0n) is 10.8. The lowest BCUT2D eigenvalue weighted by molar-refractivity contribution is -0.131. The SMILES string of the molecule is COC1CCCCC1NC(C)C(=O)N(C)C. The van der Waals surface area contributed by atoms with Gasteiger partial charge in [-0.05, 0) is 19.8 Å². The van der Waals surface area contributed by atoms with Crippen molar-refractivity contribution in [2.24, 2.45) is 0 Å². The molecule has 4 heteroatoms. The highest BCUT2D eigenvalue weighted by molar-refractivity contribution is 5.80. The van der Waals surface area contributed by atoms with Gasteiger partial charge in [-0.15, -0.1) is 0 Å². The Hall–Kier alpha value is -0.610. The molecule has 0 saturated heterocycles. The Kier molecular flexibility index (Phi) is 5.22. The van der Waals surface area contributed by atoms with Gasteiger partial charge in [-0.25, -0.2) is 0 Å². The first-order valence-electron chi connectivity index (χ1n) is 6.06. The Morgan fingerprint density at radius 3 is 2.56 bits per heavy atom. The summed E-state index contributed by atoms with van der Waals surface area (Å²) in [6.07, 6.45) is 4.90. The molecule has 1 aliphatic carbocycles. The third-order valence-corrected chi connectivity index (χ3v) is 3.28. The van der Waals surface area contributed by atoms with Crippen LogP contribution in [0.15, 0.2) is 0 Å². The normalized spacial score (nSPS) is 27.5. The number of carbonyl (C=O) groups is 1. The fourth-order valence-electron chi connectivity index (χ4n) is 2.35. The van der Waals surface area contributed by atoms with Crippen LogP contribution in [0.4, 0.5) is 0 Å². The quantitative estimate of drug-likeness (QED) is 0.781. The summed E-state index contributed by atoms with van der Waals surface area (Å²) in [5.74, 6) is 0.125. The van der Waals surface area contributed by atoms with Gasteiger partial charge < -0.3 is 15.0 Å². The molecule has 3 atom stereocenters. The maximum Gasteiger partial charge on any atom is 0.238 e. The minimum absolute atomic E-state index is 0.125. The third-order valence-electron chi connectivity index (χ3n) is 3.28. The van der Waals surface area contributed by atoms with E-state index in [4.69, 9.17) is 4.74 Å². The molecule has 0 spiro atoms.